The first-order chi connectivity index (χ1) is 8.65. The van der Waals surface area contributed by atoms with Gasteiger partial charge in [-0.05, 0) is 55.1 Å². The molecular formula is C12H11Br3N2O. The van der Waals surface area contributed by atoms with E-state index in [1.165, 1.54) is 5.56 Å². The maximum atomic E-state index is 8.57. The Morgan fingerprint density at radius 3 is 1.72 bits per heavy atom. The van der Waals surface area contributed by atoms with Crippen molar-refractivity contribution in [3.05, 3.63) is 57.0 Å². The molecule has 0 aliphatic heterocycles. The molecule has 0 atom stereocenters. The number of hydrogen-bond acceptors (Lipinski definition) is 3. The maximum absolute atomic E-state index is 8.57. The molecule has 0 fully saturated rings. The lowest BCUT2D eigenvalue weighted by molar-refractivity contribution is 0.281. The van der Waals surface area contributed by atoms with Crippen LogP contribution in [0, 0.1) is 0 Å². The topological polar surface area (TPSA) is 46.0 Å². The number of aliphatic hydroxyl groups excluding tert-OH is 1. The molecule has 0 bridgehead atoms. The lowest BCUT2D eigenvalue weighted by Gasteiger charge is -1.92. The molecule has 1 N–H and O–H groups in total. The molecule has 2 aromatic heterocycles. The highest BCUT2D eigenvalue weighted by Gasteiger charge is 1.89. The minimum Gasteiger partial charge on any atom is -0.392 e. The van der Waals surface area contributed by atoms with Gasteiger partial charge in [-0.2, -0.15) is 0 Å². The largest absolute Gasteiger partial charge is 0.392 e. The number of halogens is 3. The van der Waals surface area contributed by atoms with Crippen LogP contribution in [-0.2, 0) is 11.9 Å². The first kappa shape index (κ1) is 15.8. The molecule has 0 aliphatic carbocycles. The minimum atomic E-state index is 0.0558. The number of aliphatic hydroxyl groups is 1. The first-order valence-corrected chi connectivity index (χ1v) is 7.74. The molecule has 3 nitrogen and oxygen atoms in total. The summed E-state index contributed by atoms with van der Waals surface area (Å²) in [5, 5.41) is 9.44. The average Bonchev–Trinajstić information content (AvgIpc) is 2.41. The first-order valence-electron chi connectivity index (χ1n) is 5.03. The van der Waals surface area contributed by atoms with Gasteiger partial charge >= 0.3 is 0 Å². The molecule has 0 saturated carbocycles. The predicted octanol–water partition coefficient (Wildman–Crippen LogP) is 4.08. The summed E-state index contributed by atoms with van der Waals surface area (Å²) in [7, 11) is 0. The van der Waals surface area contributed by atoms with Crippen LogP contribution in [0.3, 0.4) is 0 Å². The number of rotatable bonds is 2. The van der Waals surface area contributed by atoms with Crippen molar-refractivity contribution in [2.24, 2.45) is 0 Å². The molecule has 96 valence electrons. The highest BCUT2D eigenvalue weighted by atomic mass is 79.9. The van der Waals surface area contributed by atoms with Gasteiger partial charge in [0.25, 0.3) is 0 Å². The third-order valence-corrected chi connectivity index (χ3v) is 3.50. The lowest BCUT2D eigenvalue weighted by Crippen LogP contribution is -1.83. The summed E-state index contributed by atoms with van der Waals surface area (Å²) in [6.07, 6.45) is 3.46. The van der Waals surface area contributed by atoms with Crippen LogP contribution in [-0.4, -0.2) is 15.1 Å². The fraction of sp³-hybridized carbons (Fsp3) is 0.167. The zero-order valence-corrected chi connectivity index (χ0v) is 14.1. The molecular weight excluding hydrogens is 428 g/mol. The van der Waals surface area contributed by atoms with E-state index in [0.717, 1.165) is 20.1 Å². The number of pyridine rings is 2. The van der Waals surface area contributed by atoms with Crippen LogP contribution >= 0.6 is 47.8 Å². The molecule has 0 saturated heterocycles. The molecule has 0 aliphatic rings. The summed E-state index contributed by atoms with van der Waals surface area (Å²) in [6, 6.07) is 7.56. The van der Waals surface area contributed by atoms with Gasteiger partial charge in [-0.25, -0.2) is 9.97 Å². The number of nitrogens with zero attached hydrogens (tertiary/aromatic N) is 2. The lowest BCUT2D eigenvalue weighted by atomic mass is 10.3. The van der Waals surface area contributed by atoms with Crippen LogP contribution < -0.4 is 0 Å². The van der Waals surface area contributed by atoms with E-state index in [1.54, 1.807) is 12.3 Å². The molecule has 0 spiro atoms. The Kier molecular flexibility index (Phi) is 7.65. The summed E-state index contributed by atoms with van der Waals surface area (Å²) in [5.74, 6) is 0. The monoisotopic (exact) mass is 436 g/mol. The number of aromatic nitrogens is 2. The van der Waals surface area contributed by atoms with E-state index < -0.39 is 0 Å². The van der Waals surface area contributed by atoms with Crippen molar-refractivity contribution in [1.29, 1.82) is 0 Å². The second-order valence-electron chi connectivity index (χ2n) is 3.27. The molecule has 2 heterocycles. The van der Waals surface area contributed by atoms with E-state index in [0.29, 0.717) is 0 Å². The van der Waals surface area contributed by atoms with Gasteiger partial charge in [-0.15, -0.1) is 0 Å². The SMILES string of the molecule is BrCc1ccc(Br)nc1.OCc1ccc(Br)nc1. The fourth-order valence-electron chi connectivity index (χ4n) is 0.985. The van der Waals surface area contributed by atoms with E-state index in [9.17, 15) is 0 Å². The summed E-state index contributed by atoms with van der Waals surface area (Å²) in [5.41, 5.74) is 2.02. The third-order valence-electron chi connectivity index (χ3n) is 1.91. The maximum Gasteiger partial charge on any atom is 0.106 e. The zero-order chi connectivity index (χ0) is 13.4. The van der Waals surface area contributed by atoms with Crippen molar-refractivity contribution in [1.82, 2.24) is 9.97 Å². The van der Waals surface area contributed by atoms with Crippen molar-refractivity contribution in [3.63, 3.8) is 0 Å². The van der Waals surface area contributed by atoms with Crippen LogP contribution in [0.5, 0.6) is 0 Å². The highest BCUT2D eigenvalue weighted by molar-refractivity contribution is 9.10. The van der Waals surface area contributed by atoms with E-state index in [4.69, 9.17) is 5.11 Å². The summed E-state index contributed by atoms with van der Waals surface area (Å²) in [6.45, 7) is 0.0558. The average molecular weight is 439 g/mol. The zero-order valence-electron chi connectivity index (χ0n) is 9.35. The Morgan fingerprint density at radius 2 is 1.39 bits per heavy atom. The van der Waals surface area contributed by atoms with Gasteiger partial charge in [0.15, 0.2) is 0 Å². The van der Waals surface area contributed by atoms with Gasteiger partial charge < -0.3 is 5.11 Å². The van der Waals surface area contributed by atoms with Gasteiger partial charge in [0.1, 0.15) is 9.21 Å². The van der Waals surface area contributed by atoms with Crippen LogP contribution in [0.1, 0.15) is 11.1 Å². The predicted molar refractivity (Wildman–Crippen MR) is 82.4 cm³/mol. The van der Waals surface area contributed by atoms with Crippen LogP contribution in [0.2, 0.25) is 0 Å². The smallest absolute Gasteiger partial charge is 0.106 e. The molecule has 6 heteroatoms. The van der Waals surface area contributed by atoms with Gasteiger partial charge in [0.2, 0.25) is 0 Å². The summed E-state index contributed by atoms with van der Waals surface area (Å²) in [4.78, 5) is 7.94. The Labute approximate surface area is 131 Å². The number of hydrogen-bond donors (Lipinski definition) is 1. The van der Waals surface area contributed by atoms with Crippen molar-refractivity contribution in [3.8, 4) is 0 Å². The van der Waals surface area contributed by atoms with Gasteiger partial charge in [0.05, 0.1) is 6.61 Å². The highest BCUT2D eigenvalue weighted by Crippen LogP contribution is 2.08. The Balaban J connectivity index is 0.000000180. The molecule has 18 heavy (non-hydrogen) atoms. The molecule has 0 amide bonds. The van der Waals surface area contributed by atoms with Crippen molar-refractivity contribution in [2.45, 2.75) is 11.9 Å². The van der Waals surface area contributed by atoms with E-state index in [1.807, 2.05) is 24.4 Å². The Hall–Kier alpha value is -0.300. The van der Waals surface area contributed by atoms with Crippen LogP contribution in [0.15, 0.2) is 45.9 Å². The molecule has 0 unspecified atom stereocenters. The minimum absolute atomic E-state index is 0.0558. The Bertz CT molecular complexity index is 414. The fourth-order valence-corrected chi connectivity index (χ4v) is 1.79. The Morgan fingerprint density at radius 1 is 0.889 bits per heavy atom. The molecule has 0 aromatic carbocycles. The molecule has 0 radical (unpaired) electrons. The van der Waals surface area contributed by atoms with Crippen LogP contribution in [0.4, 0.5) is 0 Å². The number of alkyl halides is 1. The normalized spacial score (nSPS) is 9.56. The standard InChI is InChI=1S/C6H5Br2N.C6H6BrNO/c7-3-5-1-2-6(8)9-4-5;7-6-2-1-5(4-9)3-8-6/h1-2,4H,3H2;1-3,9H,4H2. The van der Waals surface area contributed by atoms with Crippen molar-refractivity contribution >= 4 is 47.8 Å². The second kappa shape index (κ2) is 8.74. The third kappa shape index (κ3) is 6.04. The quantitative estimate of drug-likeness (QED) is 0.567. The van der Waals surface area contributed by atoms with E-state index in [2.05, 4.69) is 57.8 Å². The van der Waals surface area contributed by atoms with Gasteiger partial charge in [0, 0.05) is 17.7 Å². The van der Waals surface area contributed by atoms with Crippen LogP contribution in [0.25, 0.3) is 0 Å². The molecule has 2 rings (SSSR count). The van der Waals surface area contributed by atoms with E-state index >= 15 is 0 Å². The van der Waals surface area contributed by atoms with E-state index in [-0.39, 0.29) is 6.61 Å². The summed E-state index contributed by atoms with van der Waals surface area (Å²) < 4.78 is 1.67. The summed E-state index contributed by atoms with van der Waals surface area (Å²) >= 11 is 9.76. The van der Waals surface area contributed by atoms with Gasteiger partial charge in [-0.3, -0.25) is 0 Å². The second-order valence-corrected chi connectivity index (χ2v) is 5.46. The van der Waals surface area contributed by atoms with Crippen molar-refractivity contribution < 1.29 is 5.11 Å². The van der Waals surface area contributed by atoms with Gasteiger partial charge in [-0.1, -0.05) is 28.1 Å². The van der Waals surface area contributed by atoms with Crippen molar-refractivity contribution in [2.75, 3.05) is 0 Å². The molecule has 2 aromatic rings.